The number of carbonyl (C=O) groups is 1. The first-order valence-corrected chi connectivity index (χ1v) is 9.17. The number of anilines is 1. The molecule has 0 heterocycles. The molecule has 4 nitrogen and oxygen atoms in total. The molecule has 0 bridgehead atoms. The predicted molar refractivity (Wildman–Crippen MR) is 107 cm³/mol. The molecular weight excluding hydrogens is 346 g/mol. The Morgan fingerprint density at radius 3 is 2.38 bits per heavy atom. The van der Waals surface area contributed by atoms with Gasteiger partial charge in [0.15, 0.2) is 11.5 Å². The first-order valence-electron chi connectivity index (χ1n) is 8.29. The van der Waals surface area contributed by atoms with Crippen LogP contribution in [-0.2, 0) is 4.79 Å². The summed E-state index contributed by atoms with van der Waals surface area (Å²) in [6, 6.07) is 19.6. The summed E-state index contributed by atoms with van der Waals surface area (Å²) in [5.41, 5.74) is 0.800. The van der Waals surface area contributed by atoms with Crippen LogP contribution in [0.2, 0.25) is 0 Å². The molecule has 0 aliphatic heterocycles. The third kappa shape index (κ3) is 4.11. The molecule has 0 aliphatic carbocycles. The van der Waals surface area contributed by atoms with E-state index in [1.165, 1.54) is 11.8 Å². The molecule has 5 heteroatoms. The van der Waals surface area contributed by atoms with Crippen LogP contribution in [0, 0.1) is 0 Å². The highest BCUT2D eigenvalue weighted by atomic mass is 32.2. The van der Waals surface area contributed by atoms with Crippen LogP contribution in [0.4, 0.5) is 5.69 Å². The highest BCUT2D eigenvalue weighted by Crippen LogP contribution is 2.33. The van der Waals surface area contributed by atoms with Gasteiger partial charge in [-0.2, -0.15) is 0 Å². The third-order valence-corrected chi connectivity index (χ3v) is 5.15. The fraction of sp³-hybridized carbons (Fsp3) is 0.190. The number of thioether (sulfide) groups is 1. The van der Waals surface area contributed by atoms with E-state index in [1.807, 2.05) is 61.5 Å². The Hall–Kier alpha value is -2.66. The second-order valence-electron chi connectivity index (χ2n) is 5.83. The quantitative estimate of drug-likeness (QED) is 0.625. The number of methoxy groups -OCH3 is 2. The molecule has 1 unspecified atom stereocenters. The van der Waals surface area contributed by atoms with Crippen molar-refractivity contribution in [1.82, 2.24) is 0 Å². The lowest BCUT2D eigenvalue weighted by molar-refractivity contribution is -0.115. The van der Waals surface area contributed by atoms with Crippen molar-refractivity contribution in [3.63, 3.8) is 0 Å². The minimum atomic E-state index is -0.250. The summed E-state index contributed by atoms with van der Waals surface area (Å²) in [6.45, 7) is 1.89. The normalized spacial score (nSPS) is 11.8. The lowest BCUT2D eigenvalue weighted by Gasteiger charge is -2.14. The number of rotatable bonds is 6. The molecule has 0 saturated heterocycles. The van der Waals surface area contributed by atoms with Crippen molar-refractivity contribution in [2.75, 3.05) is 19.5 Å². The third-order valence-electron chi connectivity index (χ3n) is 4.05. The molecule has 0 aromatic heterocycles. The van der Waals surface area contributed by atoms with Crippen LogP contribution in [0.1, 0.15) is 6.92 Å². The first kappa shape index (κ1) is 18.1. The van der Waals surface area contributed by atoms with Crippen LogP contribution in [0.3, 0.4) is 0 Å². The van der Waals surface area contributed by atoms with Gasteiger partial charge in [-0.1, -0.05) is 30.3 Å². The van der Waals surface area contributed by atoms with E-state index in [-0.39, 0.29) is 11.2 Å². The Bertz CT molecular complexity index is 926. The first-order chi connectivity index (χ1) is 12.6. The monoisotopic (exact) mass is 367 g/mol. The molecule has 0 fully saturated rings. The maximum Gasteiger partial charge on any atom is 0.237 e. The molecule has 0 radical (unpaired) electrons. The van der Waals surface area contributed by atoms with Gasteiger partial charge in [0.05, 0.1) is 19.5 Å². The Morgan fingerprint density at radius 2 is 1.65 bits per heavy atom. The number of fused-ring (bicyclic) bond motifs is 1. The molecule has 3 aromatic carbocycles. The molecule has 0 aliphatic rings. The molecule has 0 spiro atoms. The van der Waals surface area contributed by atoms with Crippen molar-refractivity contribution < 1.29 is 14.3 Å². The SMILES string of the molecule is COc1ccc(SC(C)C(=O)Nc2ccc3ccccc3c2)cc1OC. The van der Waals surface area contributed by atoms with Gasteiger partial charge in [-0.05, 0) is 48.0 Å². The molecule has 0 saturated carbocycles. The zero-order valence-electron chi connectivity index (χ0n) is 15.0. The summed E-state index contributed by atoms with van der Waals surface area (Å²) in [5.74, 6) is 1.28. The van der Waals surface area contributed by atoms with Crippen molar-refractivity contribution in [2.24, 2.45) is 0 Å². The summed E-state index contributed by atoms with van der Waals surface area (Å²) in [5, 5.41) is 4.99. The average molecular weight is 367 g/mol. The minimum Gasteiger partial charge on any atom is -0.493 e. The van der Waals surface area contributed by atoms with Gasteiger partial charge < -0.3 is 14.8 Å². The van der Waals surface area contributed by atoms with Crippen molar-refractivity contribution in [1.29, 1.82) is 0 Å². The minimum absolute atomic E-state index is 0.0416. The van der Waals surface area contributed by atoms with Crippen LogP contribution < -0.4 is 14.8 Å². The van der Waals surface area contributed by atoms with Crippen LogP contribution in [0.25, 0.3) is 10.8 Å². The highest BCUT2D eigenvalue weighted by Gasteiger charge is 2.16. The van der Waals surface area contributed by atoms with Crippen molar-refractivity contribution >= 4 is 34.1 Å². The summed E-state index contributed by atoms with van der Waals surface area (Å²) in [7, 11) is 3.20. The van der Waals surface area contributed by atoms with Crippen LogP contribution in [0.5, 0.6) is 11.5 Å². The highest BCUT2D eigenvalue weighted by molar-refractivity contribution is 8.00. The number of hydrogen-bond donors (Lipinski definition) is 1. The van der Waals surface area contributed by atoms with Gasteiger partial charge in [-0.15, -0.1) is 11.8 Å². The van der Waals surface area contributed by atoms with Gasteiger partial charge in [0.2, 0.25) is 5.91 Å². The van der Waals surface area contributed by atoms with Gasteiger partial charge in [-0.25, -0.2) is 0 Å². The molecule has 26 heavy (non-hydrogen) atoms. The second-order valence-corrected chi connectivity index (χ2v) is 7.24. The number of nitrogens with one attached hydrogen (secondary N) is 1. The lowest BCUT2D eigenvalue weighted by atomic mass is 10.1. The number of amides is 1. The lowest BCUT2D eigenvalue weighted by Crippen LogP contribution is -2.22. The molecule has 3 rings (SSSR count). The molecule has 134 valence electrons. The Kier molecular flexibility index (Phi) is 5.68. The van der Waals surface area contributed by atoms with Crippen LogP contribution in [-0.4, -0.2) is 25.4 Å². The molecule has 1 amide bonds. The smallest absolute Gasteiger partial charge is 0.237 e. The van der Waals surface area contributed by atoms with Gasteiger partial charge in [0.25, 0.3) is 0 Å². The van der Waals surface area contributed by atoms with Gasteiger partial charge in [0, 0.05) is 10.6 Å². The largest absolute Gasteiger partial charge is 0.493 e. The fourth-order valence-electron chi connectivity index (χ4n) is 2.66. The second kappa shape index (κ2) is 8.15. The molecule has 1 N–H and O–H groups in total. The summed E-state index contributed by atoms with van der Waals surface area (Å²) < 4.78 is 10.6. The van der Waals surface area contributed by atoms with Crippen LogP contribution >= 0.6 is 11.8 Å². The van der Waals surface area contributed by atoms with Crippen molar-refractivity contribution in [3.05, 3.63) is 60.7 Å². The van der Waals surface area contributed by atoms with E-state index in [2.05, 4.69) is 11.4 Å². The maximum absolute atomic E-state index is 12.5. The van der Waals surface area contributed by atoms with E-state index in [0.717, 1.165) is 21.4 Å². The zero-order chi connectivity index (χ0) is 18.5. The number of ether oxygens (including phenoxy) is 2. The average Bonchev–Trinajstić information content (AvgIpc) is 2.67. The Morgan fingerprint density at radius 1 is 0.923 bits per heavy atom. The maximum atomic E-state index is 12.5. The van der Waals surface area contributed by atoms with E-state index in [9.17, 15) is 4.79 Å². The molecule has 1 atom stereocenters. The van der Waals surface area contributed by atoms with Gasteiger partial charge in [0.1, 0.15) is 0 Å². The van der Waals surface area contributed by atoms with Crippen LogP contribution in [0.15, 0.2) is 65.6 Å². The van der Waals surface area contributed by atoms with E-state index >= 15 is 0 Å². The van der Waals surface area contributed by atoms with Gasteiger partial charge in [-0.3, -0.25) is 4.79 Å². The van der Waals surface area contributed by atoms with E-state index in [1.54, 1.807) is 14.2 Å². The van der Waals surface area contributed by atoms with Gasteiger partial charge >= 0.3 is 0 Å². The van der Waals surface area contributed by atoms with Crippen molar-refractivity contribution in [3.8, 4) is 11.5 Å². The topological polar surface area (TPSA) is 47.6 Å². The standard InChI is InChI=1S/C21H21NO3S/c1-14(26-18-10-11-19(24-2)20(13-18)25-3)21(23)22-17-9-8-15-6-4-5-7-16(15)12-17/h4-14H,1-3H3,(H,22,23). The summed E-state index contributed by atoms with van der Waals surface area (Å²) in [4.78, 5) is 13.5. The summed E-state index contributed by atoms with van der Waals surface area (Å²) >= 11 is 1.48. The zero-order valence-corrected chi connectivity index (χ0v) is 15.8. The fourth-order valence-corrected chi connectivity index (χ4v) is 3.55. The Balaban J connectivity index is 1.69. The predicted octanol–water partition coefficient (Wildman–Crippen LogP) is 4.98. The van der Waals surface area contributed by atoms with Crippen molar-refractivity contribution in [2.45, 2.75) is 17.1 Å². The van der Waals surface area contributed by atoms with E-state index in [0.29, 0.717) is 11.5 Å². The van der Waals surface area contributed by atoms with E-state index < -0.39 is 0 Å². The molecular formula is C21H21NO3S. The molecule has 3 aromatic rings. The van der Waals surface area contributed by atoms with E-state index in [4.69, 9.17) is 9.47 Å². The number of benzene rings is 3. The number of carbonyl (C=O) groups excluding carboxylic acids is 1. The number of hydrogen-bond acceptors (Lipinski definition) is 4. The summed E-state index contributed by atoms with van der Waals surface area (Å²) in [6.07, 6.45) is 0. The Labute approximate surface area is 157 Å².